The van der Waals surface area contributed by atoms with Crippen molar-refractivity contribution < 1.29 is 28.5 Å². The topological polar surface area (TPSA) is 71.1 Å². The lowest BCUT2D eigenvalue weighted by molar-refractivity contribution is 0.0966. The third kappa shape index (κ3) is 6.40. The predicted molar refractivity (Wildman–Crippen MR) is 134 cm³/mol. The summed E-state index contributed by atoms with van der Waals surface area (Å²) in [6, 6.07) is 13.2. The summed E-state index contributed by atoms with van der Waals surface area (Å²) in [5, 5.41) is 2.65. The monoisotopic (exact) mass is 466 g/mol. The minimum Gasteiger partial charge on any atom is -0.434 e. The number of fused-ring (bicyclic) bond motifs is 2. The Bertz CT molecular complexity index is 1120. The fraction of sp³-hybridized carbons (Fsp3) is 0.429. The van der Waals surface area contributed by atoms with Crippen molar-refractivity contribution >= 4 is 33.9 Å². The van der Waals surface area contributed by atoms with Crippen molar-refractivity contribution in [3.05, 3.63) is 48.0 Å². The Morgan fingerprint density at radius 1 is 0.647 bits per heavy atom. The fourth-order valence-electron chi connectivity index (χ4n) is 3.83. The van der Waals surface area contributed by atoms with Crippen LogP contribution in [0.25, 0.3) is 21.5 Å². The van der Waals surface area contributed by atoms with Crippen LogP contribution in [0.3, 0.4) is 0 Å². The molecule has 0 fully saturated rings. The number of ether oxygens (including phenoxy) is 4. The van der Waals surface area contributed by atoms with Crippen LogP contribution in [-0.4, -0.2) is 25.5 Å². The molecule has 0 aliphatic heterocycles. The lowest BCUT2D eigenvalue weighted by Crippen LogP contribution is -2.14. The molecule has 6 nitrogen and oxygen atoms in total. The highest BCUT2D eigenvalue weighted by Gasteiger charge is 2.21. The van der Waals surface area contributed by atoms with Gasteiger partial charge in [-0.1, -0.05) is 82.9 Å². The lowest BCUT2D eigenvalue weighted by Gasteiger charge is -2.17. The molecule has 0 heterocycles. The van der Waals surface area contributed by atoms with E-state index in [0.29, 0.717) is 46.3 Å². The van der Waals surface area contributed by atoms with Crippen LogP contribution in [0.15, 0.2) is 42.5 Å². The molecular weight excluding hydrogens is 432 g/mol. The number of carbonyl (C=O) groups excluding carboxylic acids is 2. The van der Waals surface area contributed by atoms with Crippen LogP contribution in [0.4, 0.5) is 9.59 Å². The van der Waals surface area contributed by atoms with E-state index in [4.69, 9.17) is 18.9 Å². The number of unbranched alkanes of at least 4 members (excludes halogenated alkanes) is 4. The Morgan fingerprint density at radius 2 is 1.15 bits per heavy atom. The van der Waals surface area contributed by atoms with Crippen molar-refractivity contribution in [3.8, 4) is 11.5 Å². The van der Waals surface area contributed by atoms with Gasteiger partial charge in [0.25, 0.3) is 0 Å². The van der Waals surface area contributed by atoms with Gasteiger partial charge < -0.3 is 18.9 Å². The highest BCUT2D eigenvalue weighted by atomic mass is 16.7. The van der Waals surface area contributed by atoms with Crippen LogP contribution in [-0.2, 0) is 15.9 Å². The first-order valence-electron chi connectivity index (χ1n) is 12.3. The average Bonchev–Trinajstić information content (AvgIpc) is 2.86. The van der Waals surface area contributed by atoms with Gasteiger partial charge in [0.05, 0.1) is 13.2 Å². The quantitative estimate of drug-likeness (QED) is 0.123. The van der Waals surface area contributed by atoms with Gasteiger partial charge in [0.2, 0.25) is 0 Å². The van der Waals surface area contributed by atoms with Gasteiger partial charge in [0.1, 0.15) is 11.5 Å². The van der Waals surface area contributed by atoms with Crippen molar-refractivity contribution in [1.29, 1.82) is 0 Å². The summed E-state index contributed by atoms with van der Waals surface area (Å²) in [5.41, 5.74) is 1.07. The second-order valence-electron chi connectivity index (χ2n) is 8.25. The Kier molecular flexibility index (Phi) is 9.56. The largest absolute Gasteiger partial charge is 0.513 e. The first-order chi connectivity index (χ1) is 16.6. The average molecular weight is 467 g/mol. The van der Waals surface area contributed by atoms with Gasteiger partial charge in [-0.05, 0) is 30.9 Å². The first-order valence-corrected chi connectivity index (χ1v) is 12.3. The van der Waals surface area contributed by atoms with E-state index in [0.717, 1.165) is 50.5 Å². The molecule has 0 saturated carbocycles. The Labute approximate surface area is 201 Å². The van der Waals surface area contributed by atoms with E-state index in [9.17, 15) is 9.59 Å². The summed E-state index contributed by atoms with van der Waals surface area (Å²) in [4.78, 5) is 25.0. The molecule has 0 radical (unpaired) electrons. The smallest absolute Gasteiger partial charge is 0.434 e. The van der Waals surface area contributed by atoms with E-state index >= 15 is 0 Å². The summed E-state index contributed by atoms with van der Waals surface area (Å²) >= 11 is 0. The number of hydrogen-bond acceptors (Lipinski definition) is 6. The summed E-state index contributed by atoms with van der Waals surface area (Å²) in [6.45, 7) is 6.86. The molecule has 0 aliphatic rings. The maximum atomic E-state index is 12.5. The first kappa shape index (κ1) is 25.3. The molecule has 0 N–H and O–H groups in total. The van der Waals surface area contributed by atoms with Crippen LogP contribution < -0.4 is 9.47 Å². The van der Waals surface area contributed by atoms with Crippen LogP contribution in [0.1, 0.15) is 64.9 Å². The molecule has 3 rings (SSSR count). The van der Waals surface area contributed by atoms with E-state index in [1.807, 2.05) is 42.5 Å². The van der Waals surface area contributed by atoms with E-state index in [1.54, 1.807) is 0 Å². The second kappa shape index (κ2) is 12.8. The Balaban J connectivity index is 2.00. The number of rotatable bonds is 11. The SMILES string of the molecule is CCCCCOC(=O)Oc1c2ccccc2c(OC(=O)OCCCCC)c2cc(CC)ccc12. The minimum atomic E-state index is -0.744. The summed E-state index contributed by atoms with van der Waals surface area (Å²) in [6.07, 6.45) is 4.95. The molecule has 3 aromatic rings. The highest BCUT2D eigenvalue weighted by Crippen LogP contribution is 2.43. The Hall–Kier alpha value is -3.28. The molecule has 0 aliphatic carbocycles. The minimum absolute atomic E-state index is 0.313. The molecule has 6 heteroatoms. The van der Waals surface area contributed by atoms with Gasteiger partial charge in [0, 0.05) is 21.5 Å². The molecule has 0 saturated heterocycles. The molecule has 34 heavy (non-hydrogen) atoms. The van der Waals surface area contributed by atoms with Gasteiger partial charge in [-0.2, -0.15) is 0 Å². The van der Waals surface area contributed by atoms with Crippen molar-refractivity contribution in [2.45, 2.75) is 65.7 Å². The van der Waals surface area contributed by atoms with Crippen molar-refractivity contribution in [2.75, 3.05) is 13.2 Å². The number of aryl methyl sites for hydroxylation is 1. The van der Waals surface area contributed by atoms with Gasteiger partial charge >= 0.3 is 12.3 Å². The number of carbonyl (C=O) groups is 2. The van der Waals surface area contributed by atoms with Crippen LogP contribution in [0, 0.1) is 0 Å². The van der Waals surface area contributed by atoms with Crippen molar-refractivity contribution in [1.82, 2.24) is 0 Å². The van der Waals surface area contributed by atoms with E-state index < -0.39 is 12.3 Å². The maximum Gasteiger partial charge on any atom is 0.513 e. The molecule has 0 aromatic heterocycles. The maximum absolute atomic E-state index is 12.5. The fourth-order valence-corrected chi connectivity index (χ4v) is 3.83. The van der Waals surface area contributed by atoms with Crippen molar-refractivity contribution in [3.63, 3.8) is 0 Å². The number of benzene rings is 3. The van der Waals surface area contributed by atoms with Gasteiger partial charge in [-0.3, -0.25) is 0 Å². The molecule has 182 valence electrons. The molecule has 0 unspecified atom stereocenters. The van der Waals surface area contributed by atoms with E-state index in [-0.39, 0.29) is 0 Å². The summed E-state index contributed by atoms with van der Waals surface area (Å²) in [5.74, 6) is 0.780. The Morgan fingerprint density at radius 3 is 1.65 bits per heavy atom. The standard InChI is InChI=1S/C28H34O6/c1-4-7-11-17-31-27(29)33-25-21-13-9-10-14-22(21)26(34-28(30)32-18-12-8-5-2)24-19-20(6-3)15-16-23(24)25/h9-10,13-16,19H,4-8,11-12,17-18H2,1-3H3. The van der Waals surface area contributed by atoms with E-state index in [1.165, 1.54) is 0 Å². The normalized spacial score (nSPS) is 10.9. The van der Waals surface area contributed by atoms with Crippen LogP contribution in [0.5, 0.6) is 11.5 Å². The molecule has 0 atom stereocenters. The highest BCUT2D eigenvalue weighted by molar-refractivity contribution is 6.12. The molecular formula is C28H34O6. The molecule has 0 spiro atoms. The van der Waals surface area contributed by atoms with Crippen molar-refractivity contribution in [2.24, 2.45) is 0 Å². The lowest BCUT2D eigenvalue weighted by atomic mass is 9.98. The predicted octanol–water partition coefficient (Wildman–Crippen LogP) is 7.97. The zero-order valence-electron chi connectivity index (χ0n) is 20.4. The number of hydrogen-bond donors (Lipinski definition) is 0. The molecule has 0 amide bonds. The zero-order chi connectivity index (χ0) is 24.3. The molecule has 3 aromatic carbocycles. The zero-order valence-corrected chi connectivity index (χ0v) is 20.4. The molecule has 0 bridgehead atoms. The van der Waals surface area contributed by atoms with E-state index in [2.05, 4.69) is 20.8 Å². The third-order valence-electron chi connectivity index (χ3n) is 5.70. The van der Waals surface area contributed by atoms with Crippen LogP contribution in [0.2, 0.25) is 0 Å². The van der Waals surface area contributed by atoms with Gasteiger partial charge in [-0.15, -0.1) is 0 Å². The summed E-state index contributed by atoms with van der Waals surface area (Å²) in [7, 11) is 0. The van der Waals surface area contributed by atoms with Crippen LogP contribution >= 0.6 is 0 Å². The second-order valence-corrected chi connectivity index (χ2v) is 8.25. The van der Waals surface area contributed by atoms with Gasteiger partial charge in [-0.25, -0.2) is 9.59 Å². The third-order valence-corrected chi connectivity index (χ3v) is 5.70. The summed E-state index contributed by atoms with van der Waals surface area (Å²) < 4.78 is 22.0. The van der Waals surface area contributed by atoms with Gasteiger partial charge in [0.15, 0.2) is 0 Å².